The first kappa shape index (κ1) is 14.3. The van der Waals surface area contributed by atoms with Gasteiger partial charge in [0.2, 0.25) is 0 Å². The molecule has 0 saturated carbocycles. The van der Waals surface area contributed by atoms with Gasteiger partial charge in [-0.2, -0.15) is 0 Å². The Kier molecular flexibility index (Phi) is 4.15. The van der Waals surface area contributed by atoms with Crippen molar-refractivity contribution in [2.45, 2.75) is 39.4 Å². The lowest BCUT2D eigenvalue weighted by Crippen LogP contribution is -2.02. The van der Waals surface area contributed by atoms with Gasteiger partial charge in [-0.25, -0.2) is 0 Å². The monoisotopic (exact) mass is 316 g/mol. The van der Waals surface area contributed by atoms with Crippen LogP contribution >= 0.6 is 15.9 Å². The zero-order valence-electron chi connectivity index (χ0n) is 12.3. The van der Waals surface area contributed by atoms with Crippen molar-refractivity contribution >= 4 is 15.9 Å². The highest BCUT2D eigenvalue weighted by Crippen LogP contribution is 2.37. The van der Waals surface area contributed by atoms with Crippen LogP contribution in [0, 0.1) is 34.6 Å². The largest absolute Gasteiger partial charge is 0.0786 e. The molecule has 1 unspecified atom stereocenters. The number of benzene rings is 2. The molecule has 19 heavy (non-hydrogen) atoms. The SMILES string of the molecule is Cc1cc(C)c(C(Br)c2cccc(C)c2C)c(C)c1. The van der Waals surface area contributed by atoms with E-state index in [0.717, 1.165) is 0 Å². The minimum absolute atomic E-state index is 0.271. The van der Waals surface area contributed by atoms with E-state index in [1.165, 1.54) is 38.9 Å². The lowest BCUT2D eigenvalue weighted by Gasteiger charge is -2.20. The average molecular weight is 317 g/mol. The minimum Gasteiger partial charge on any atom is -0.0786 e. The third-order valence-corrected chi connectivity index (χ3v) is 4.86. The molecule has 0 radical (unpaired) electrons. The summed E-state index contributed by atoms with van der Waals surface area (Å²) in [5.74, 6) is 0. The molecule has 0 amide bonds. The summed E-state index contributed by atoms with van der Waals surface area (Å²) in [7, 11) is 0. The average Bonchev–Trinajstić information content (AvgIpc) is 2.31. The second-order valence-electron chi connectivity index (χ2n) is 5.46. The fourth-order valence-corrected chi connectivity index (χ4v) is 4.01. The summed E-state index contributed by atoms with van der Waals surface area (Å²) in [6, 6.07) is 11.1. The predicted molar refractivity (Wildman–Crippen MR) is 87.3 cm³/mol. The molecule has 2 rings (SSSR count). The minimum atomic E-state index is 0.271. The molecule has 0 saturated heterocycles. The molecule has 0 aliphatic rings. The Morgan fingerprint density at radius 2 is 1.42 bits per heavy atom. The number of hydrogen-bond donors (Lipinski definition) is 0. The summed E-state index contributed by atoms with van der Waals surface area (Å²) in [6.45, 7) is 10.9. The van der Waals surface area contributed by atoms with Crippen LogP contribution in [0.25, 0.3) is 0 Å². The molecule has 0 N–H and O–H groups in total. The quantitative estimate of drug-likeness (QED) is 0.622. The van der Waals surface area contributed by atoms with Gasteiger partial charge in [-0.05, 0) is 68.0 Å². The van der Waals surface area contributed by atoms with Crippen LogP contribution in [0.4, 0.5) is 0 Å². The van der Waals surface area contributed by atoms with Gasteiger partial charge in [-0.3, -0.25) is 0 Å². The van der Waals surface area contributed by atoms with Crippen LogP contribution in [0.1, 0.15) is 43.8 Å². The Bertz CT molecular complexity index is 588. The topological polar surface area (TPSA) is 0 Å². The smallest absolute Gasteiger partial charge is 0.0652 e. The van der Waals surface area contributed by atoms with Crippen LogP contribution in [-0.2, 0) is 0 Å². The molecular weight excluding hydrogens is 296 g/mol. The van der Waals surface area contributed by atoms with Gasteiger partial charge in [0.15, 0.2) is 0 Å². The molecule has 1 heteroatoms. The lowest BCUT2D eigenvalue weighted by molar-refractivity contribution is 1.07. The highest BCUT2D eigenvalue weighted by atomic mass is 79.9. The van der Waals surface area contributed by atoms with Crippen LogP contribution in [0.15, 0.2) is 30.3 Å². The first-order chi connectivity index (χ1) is 8.91. The maximum absolute atomic E-state index is 3.91. The second-order valence-corrected chi connectivity index (χ2v) is 6.38. The molecule has 0 nitrogen and oxygen atoms in total. The van der Waals surface area contributed by atoms with Gasteiger partial charge in [0, 0.05) is 0 Å². The second kappa shape index (κ2) is 5.50. The number of rotatable bonds is 2. The molecule has 0 aliphatic heterocycles. The van der Waals surface area contributed by atoms with Crippen LogP contribution in [0.3, 0.4) is 0 Å². The van der Waals surface area contributed by atoms with Crippen molar-refractivity contribution < 1.29 is 0 Å². The highest BCUT2D eigenvalue weighted by Gasteiger charge is 2.17. The number of hydrogen-bond acceptors (Lipinski definition) is 0. The number of halogens is 1. The van der Waals surface area contributed by atoms with Gasteiger partial charge in [0.1, 0.15) is 0 Å². The maximum Gasteiger partial charge on any atom is 0.0652 e. The predicted octanol–water partition coefficient (Wildman–Crippen LogP) is 5.71. The van der Waals surface area contributed by atoms with Gasteiger partial charge in [-0.15, -0.1) is 0 Å². The Morgan fingerprint density at radius 3 is 2.00 bits per heavy atom. The zero-order chi connectivity index (χ0) is 14.2. The van der Waals surface area contributed by atoms with Gasteiger partial charge >= 0.3 is 0 Å². The molecule has 0 aliphatic carbocycles. The Morgan fingerprint density at radius 1 is 0.842 bits per heavy atom. The van der Waals surface area contributed by atoms with Crippen LogP contribution < -0.4 is 0 Å². The summed E-state index contributed by atoms with van der Waals surface area (Å²) < 4.78 is 0. The first-order valence-electron chi connectivity index (χ1n) is 6.69. The molecule has 0 heterocycles. The van der Waals surface area contributed by atoms with E-state index >= 15 is 0 Å². The molecule has 0 bridgehead atoms. The van der Waals surface area contributed by atoms with Crippen molar-refractivity contribution in [3.8, 4) is 0 Å². The van der Waals surface area contributed by atoms with E-state index in [0.29, 0.717) is 0 Å². The number of aryl methyl sites for hydroxylation is 4. The zero-order valence-corrected chi connectivity index (χ0v) is 13.9. The summed E-state index contributed by atoms with van der Waals surface area (Å²) >= 11 is 3.91. The molecule has 0 spiro atoms. The summed E-state index contributed by atoms with van der Waals surface area (Å²) in [4.78, 5) is 0.271. The molecule has 2 aromatic carbocycles. The Hall–Kier alpha value is -1.08. The van der Waals surface area contributed by atoms with Crippen molar-refractivity contribution in [3.63, 3.8) is 0 Å². The van der Waals surface area contributed by atoms with Gasteiger partial charge in [-0.1, -0.05) is 51.8 Å². The molecular formula is C18H21Br. The molecule has 100 valence electrons. The van der Waals surface area contributed by atoms with Gasteiger partial charge in [0.25, 0.3) is 0 Å². The highest BCUT2D eigenvalue weighted by molar-refractivity contribution is 9.09. The van der Waals surface area contributed by atoms with Crippen LogP contribution in [-0.4, -0.2) is 0 Å². The third kappa shape index (κ3) is 2.76. The van der Waals surface area contributed by atoms with Gasteiger partial charge in [0.05, 0.1) is 4.83 Å². The van der Waals surface area contributed by atoms with E-state index in [-0.39, 0.29) is 4.83 Å². The Labute approximate surface area is 125 Å². The fourth-order valence-electron chi connectivity index (χ4n) is 2.79. The van der Waals surface area contributed by atoms with Crippen molar-refractivity contribution in [3.05, 3.63) is 69.3 Å². The fraction of sp³-hybridized carbons (Fsp3) is 0.333. The summed E-state index contributed by atoms with van der Waals surface area (Å²) in [6.07, 6.45) is 0. The summed E-state index contributed by atoms with van der Waals surface area (Å²) in [5, 5.41) is 0. The molecule has 0 aromatic heterocycles. The molecule has 1 atom stereocenters. The van der Waals surface area contributed by atoms with Crippen LogP contribution in [0.5, 0.6) is 0 Å². The van der Waals surface area contributed by atoms with Crippen molar-refractivity contribution in [1.82, 2.24) is 0 Å². The normalized spacial score (nSPS) is 12.5. The molecule has 0 fully saturated rings. The van der Waals surface area contributed by atoms with E-state index < -0.39 is 0 Å². The first-order valence-corrected chi connectivity index (χ1v) is 7.61. The van der Waals surface area contributed by atoms with E-state index in [9.17, 15) is 0 Å². The third-order valence-electron chi connectivity index (χ3n) is 3.91. The van der Waals surface area contributed by atoms with Crippen molar-refractivity contribution in [2.75, 3.05) is 0 Å². The van der Waals surface area contributed by atoms with E-state index in [4.69, 9.17) is 0 Å². The van der Waals surface area contributed by atoms with Crippen molar-refractivity contribution in [1.29, 1.82) is 0 Å². The standard InChI is InChI=1S/C18H21Br/c1-11-9-13(3)17(14(4)10-11)18(19)16-8-6-7-12(2)15(16)5/h6-10,18H,1-5H3. The van der Waals surface area contributed by atoms with E-state index in [1.807, 2.05) is 0 Å². The number of alkyl halides is 1. The lowest BCUT2D eigenvalue weighted by atomic mass is 9.91. The van der Waals surface area contributed by atoms with E-state index in [1.54, 1.807) is 0 Å². The Balaban J connectivity index is 2.56. The maximum atomic E-state index is 3.91. The van der Waals surface area contributed by atoms with E-state index in [2.05, 4.69) is 80.9 Å². The molecule has 2 aromatic rings. The van der Waals surface area contributed by atoms with Crippen molar-refractivity contribution in [2.24, 2.45) is 0 Å². The summed E-state index contributed by atoms with van der Waals surface area (Å²) in [5.41, 5.74) is 9.56. The van der Waals surface area contributed by atoms with Crippen LogP contribution in [0.2, 0.25) is 0 Å². The van der Waals surface area contributed by atoms with Gasteiger partial charge < -0.3 is 0 Å².